The molecule has 0 saturated heterocycles. The van der Waals surface area contributed by atoms with Gasteiger partial charge < -0.3 is 10.6 Å². The van der Waals surface area contributed by atoms with Crippen LogP contribution in [-0.4, -0.2) is 18.1 Å². The van der Waals surface area contributed by atoms with Crippen molar-refractivity contribution in [3.63, 3.8) is 0 Å². The smallest absolute Gasteiger partial charge is 0.129 e. The Labute approximate surface area is 105 Å². The Hall–Kier alpha value is -1.09. The molecule has 1 aromatic heterocycles. The average Bonchev–Trinajstić information content (AvgIpc) is 2.35. The van der Waals surface area contributed by atoms with Crippen molar-refractivity contribution in [3.8, 4) is 0 Å². The third-order valence-electron chi connectivity index (χ3n) is 2.92. The molecule has 0 saturated carbocycles. The van der Waals surface area contributed by atoms with Gasteiger partial charge in [-0.3, -0.25) is 0 Å². The van der Waals surface area contributed by atoms with Gasteiger partial charge in [-0.25, -0.2) is 4.98 Å². The van der Waals surface area contributed by atoms with E-state index in [1.807, 2.05) is 0 Å². The van der Waals surface area contributed by atoms with E-state index in [2.05, 4.69) is 44.7 Å². The molecule has 0 aliphatic rings. The van der Waals surface area contributed by atoms with Crippen molar-refractivity contribution in [2.45, 2.75) is 46.6 Å². The molecule has 0 amide bonds. The molecule has 1 aromatic rings. The molecule has 0 aromatic carbocycles. The van der Waals surface area contributed by atoms with Crippen LogP contribution in [0, 0.1) is 0 Å². The highest BCUT2D eigenvalue weighted by atomic mass is 15.2. The summed E-state index contributed by atoms with van der Waals surface area (Å²) in [6.45, 7) is 11.3. The maximum atomic E-state index is 5.76. The number of anilines is 1. The number of rotatable bonds is 6. The van der Waals surface area contributed by atoms with Crippen LogP contribution in [0.3, 0.4) is 0 Å². The molecule has 2 N–H and O–H groups in total. The highest BCUT2D eigenvalue weighted by Crippen LogP contribution is 2.20. The van der Waals surface area contributed by atoms with E-state index in [4.69, 9.17) is 10.7 Å². The normalized spacial score (nSPS) is 10.9. The van der Waals surface area contributed by atoms with E-state index in [1.165, 1.54) is 5.56 Å². The van der Waals surface area contributed by atoms with Gasteiger partial charge in [-0.15, -0.1) is 0 Å². The van der Waals surface area contributed by atoms with Gasteiger partial charge in [0.1, 0.15) is 5.82 Å². The number of hydrogen-bond donors (Lipinski definition) is 1. The highest BCUT2D eigenvalue weighted by Gasteiger charge is 2.10. The SMILES string of the molecule is CCCN(CC)c1cc(CN)cc(C(C)C)n1. The largest absolute Gasteiger partial charge is 0.357 e. The Bertz CT molecular complexity index is 347. The van der Waals surface area contributed by atoms with Crippen LogP contribution in [-0.2, 0) is 6.54 Å². The van der Waals surface area contributed by atoms with Crippen LogP contribution in [0.25, 0.3) is 0 Å². The zero-order valence-corrected chi connectivity index (χ0v) is 11.5. The van der Waals surface area contributed by atoms with Crippen LogP contribution in [0.4, 0.5) is 5.82 Å². The predicted octanol–water partition coefficient (Wildman–Crippen LogP) is 2.90. The van der Waals surface area contributed by atoms with Crippen LogP contribution in [0.1, 0.15) is 51.3 Å². The Morgan fingerprint density at radius 1 is 1.29 bits per heavy atom. The summed E-state index contributed by atoms with van der Waals surface area (Å²) in [5, 5.41) is 0. The fourth-order valence-electron chi connectivity index (χ4n) is 1.87. The van der Waals surface area contributed by atoms with Crippen LogP contribution in [0.15, 0.2) is 12.1 Å². The zero-order chi connectivity index (χ0) is 12.8. The van der Waals surface area contributed by atoms with Gasteiger partial charge in [0.25, 0.3) is 0 Å². The van der Waals surface area contributed by atoms with Crippen molar-refractivity contribution in [2.24, 2.45) is 5.73 Å². The van der Waals surface area contributed by atoms with Crippen molar-refractivity contribution >= 4 is 5.82 Å². The lowest BCUT2D eigenvalue weighted by Crippen LogP contribution is -2.25. The standard InChI is InChI=1S/C14H25N3/c1-5-7-17(6-2)14-9-12(10-15)8-13(16-14)11(3)4/h8-9,11H,5-7,10,15H2,1-4H3. The van der Waals surface area contributed by atoms with E-state index < -0.39 is 0 Å². The third-order valence-corrected chi connectivity index (χ3v) is 2.92. The van der Waals surface area contributed by atoms with E-state index >= 15 is 0 Å². The summed E-state index contributed by atoms with van der Waals surface area (Å²) in [4.78, 5) is 7.05. The summed E-state index contributed by atoms with van der Waals surface area (Å²) < 4.78 is 0. The topological polar surface area (TPSA) is 42.1 Å². The molecule has 17 heavy (non-hydrogen) atoms. The minimum Gasteiger partial charge on any atom is -0.357 e. The molecular weight excluding hydrogens is 210 g/mol. The predicted molar refractivity (Wildman–Crippen MR) is 74.4 cm³/mol. The van der Waals surface area contributed by atoms with Gasteiger partial charge in [-0.05, 0) is 37.0 Å². The minimum absolute atomic E-state index is 0.445. The minimum atomic E-state index is 0.445. The third kappa shape index (κ3) is 3.70. The second-order valence-corrected chi connectivity index (χ2v) is 4.70. The molecule has 0 bridgehead atoms. The fourth-order valence-corrected chi connectivity index (χ4v) is 1.87. The molecule has 0 radical (unpaired) electrons. The molecule has 0 atom stereocenters. The molecule has 3 nitrogen and oxygen atoms in total. The molecule has 0 fully saturated rings. The first-order chi connectivity index (χ1) is 8.12. The lowest BCUT2D eigenvalue weighted by Gasteiger charge is -2.23. The summed E-state index contributed by atoms with van der Waals surface area (Å²) in [5.41, 5.74) is 8.07. The first-order valence-electron chi connectivity index (χ1n) is 6.58. The quantitative estimate of drug-likeness (QED) is 0.824. The Balaban J connectivity index is 3.08. The number of pyridine rings is 1. The summed E-state index contributed by atoms with van der Waals surface area (Å²) in [6, 6.07) is 4.24. The Morgan fingerprint density at radius 2 is 2.00 bits per heavy atom. The second-order valence-electron chi connectivity index (χ2n) is 4.70. The van der Waals surface area contributed by atoms with Gasteiger partial charge in [0, 0.05) is 25.3 Å². The van der Waals surface area contributed by atoms with Crippen molar-refractivity contribution in [1.82, 2.24) is 4.98 Å². The Kier molecular flexibility index (Phi) is 5.42. The van der Waals surface area contributed by atoms with Crippen LogP contribution in [0.5, 0.6) is 0 Å². The number of nitrogens with zero attached hydrogens (tertiary/aromatic N) is 2. The van der Waals surface area contributed by atoms with Gasteiger partial charge in [0.2, 0.25) is 0 Å². The lowest BCUT2D eigenvalue weighted by atomic mass is 10.1. The van der Waals surface area contributed by atoms with Gasteiger partial charge in [-0.2, -0.15) is 0 Å². The molecule has 0 unspecified atom stereocenters. The molecule has 0 aliphatic heterocycles. The van der Waals surface area contributed by atoms with Crippen LogP contribution < -0.4 is 10.6 Å². The lowest BCUT2D eigenvalue weighted by molar-refractivity contribution is 0.756. The van der Waals surface area contributed by atoms with Gasteiger partial charge in [-0.1, -0.05) is 20.8 Å². The molecule has 0 aliphatic carbocycles. The van der Waals surface area contributed by atoms with Crippen LogP contribution >= 0.6 is 0 Å². The van der Waals surface area contributed by atoms with Crippen molar-refractivity contribution < 1.29 is 0 Å². The first-order valence-corrected chi connectivity index (χ1v) is 6.58. The second kappa shape index (κ2) is 6.60. The van der Waals surface area contributed by atoms with Gasteiger partial charge in [0.05, 0.1) is 0 Å². The van der Waals surface area contributed by atoms with E-state index in [0.717, 1.165) is 31.0 Å². The van der Waals surface area contributed by atoms with E-state index in [1.54, 1.807) is 0 Å². The molecule has 1 rings (SSSR count). The monoisotopic (exact) mass is 235 g/mol. The van der Waals surface area contributed by atoms with Gasteiger partial charge >= 0.3 is 0 Å². The summed E-state index contributed by atoms with van der Waals surface area (Å²) in [5.74, 6) is 1.52. The van der Waals surface area contributed by atoms with Crippen LogP contribution in [0.2, 0.25) is 0 Å². The number of nitrogens with two attached hydrogens (primary N) is 1. The van der Waals surface area contributed by atoms with Crippen molar-refractivity contribution in [1.29, 1.82) is 0 Å². The fraction of sp³-hybridized carbons (Fsp3) is 0.643. The van der Waals surface area contributed by atoms with Crippen molar-refractivity contribution in [2.75, 3.05) is 18.0 Å². The van der Waals surface area contributed by atoms with E-state index in [9.17, 15) is 0 Å². The summed E-state index contributed by atoms with van der Waals surface area (Å²) in [6.07, 6.45) is 1.14. The Morgan fingerprint density at radius 3 is 2.47 bits per heavy atom. The average molecular weight is 235 g/mol. The maximum absolute atomic E-state index is 5.76. The summed E-state index contributed by atoms with van der Waals surface area (Å²) >= 11 is 0. The molecular formula is C14H25N3. The number of aromatic nitrogens is 1. The number of hydrogen-bond acceptors (Lipinski definition) is 3. The van der Waals surface area contributed by atoms with Crippen molar-refractivity contribution in [3.05, 3.63) is 23.4 Å². The zero-order valence-electron chi connectivity index (χ0n) is 11.5. The molecule has 0 spiro atoms. The van der Waals surface area contributed by atoms with E-state index in [0.29, 0.717) is 12.5 Å². The van der Waals surface area contributed by atoms with Gasteiger partial charge in [0.15, 0.2) is 0 Å². The highest BCUT2D eigenvalue weighted by molar-refractivity contribution is 5.43. The van der Waals surface area contributed by atoms with E-state index in [-0.39, 0.29) is 0 Å². The molecule has 3 heteroatoms. The molecule has 96 valence electrons. The first kappa shape index (κ1) is 14.0. The maximum Gasteiger partial charge on any atom is 0.129 e. The summed E-state index contributed by atoms with van der Waals surface area (Å²) in [7, 11) is 0. The molecule has 1 heterocycles.